The van der Waals surface area contributed by atoms with E-state index >= 15 is 0 Å². The molecule has 1 unspecified atom stereocenters. The Morgan fingerprint density at radius 1 is 1.46 bits per heavy atom. The molecular weight excluding hydrogens is 348 g/mol. The Morgan fingerprint density at radius 2 is 2.25 bits per heavy atom. The largest absolute Gasteiger partial charge is 0.386 e. The van der Waals surface area contributed by atoms with Crippen molar-refractivity contribution < 1.29 is 9.90 Å². The molecule has 1 N–H and O–H groups in total. The molecule has 1 aliphatic rings. The smallest absolute Gasteiger partial charge is 0.225 e. The summed E-state index contributed by atoms with van der Waals surface area (Å²) in [7, 11) is 3.36. The maximum absolute atomic E-state index is 11.7. The van der Waals surface area contributed by atoms with E-state index in [0.29, 0.717) is 5.69 Å². The van der Waals surface area contributed by atoms with E-state index in [2.05, 4.69) is 16.1 Å². The van der Waals surface area contributed by atoms with Gasteiger partial charge >= 0.3 is 0 Å². The first kappa shape index (κ1) is 17.4. The van der Waals surface area contributed by atoms with E-state index in [1.54, 1.807) is 25.4 Å². The summed E-state index contributed by atoms with van der Waals surface area (Å²) in [6, 6.07) is 5.88. The number of hydrogen-bond acceptors (Lipinski definition) is 5. The van der Waals surface area contributed by atoms with Gasteiger partial charge in [-0.3, -0.25) is 14.4 Å². The summed E-state index contributed by atoms with van der Waals surface area (Å²) in [6.07, 6.45) is -0.802. The Morgan fingerprint density at radius 3 is 2.92 bits per heavy atom. The quantitative estimate of drug-likeness (QED) is 0.878. The molecule has 0 spiro atoms. The lowest BCUT2D eigenvalue weighted by Crippen LogP contribution is -2.33. The summed E-state index contributed by atoms with van der Waals surface area (Å²) < 4.78 is 2.74. The number of amides is 1. The maximum atomic E-state index is 11.7. The van der Waals surface area contributed by atoms with Crippen molar-refractivity contribution in [3.8, 4) is 0 Å². The molecule has 0 saturated heterocycles. The molecule has 0 saturated carbocycles. The SMILES string of the molecule is CN(C)C(=O)CC(O)c1cc2n(n1)CCN(Cc1ccc(Cl)s1)C2. The van der Waals surface area contributed by atoms with Gasteiger partial charge in [0.1, 0.15) is 6.10 Å². The van der Waals surface area contributed by atoms with Gasteiger partial charge in [-0.15, -0.1) is 11.3 Å². The minimum atomic E-state index is -0.859. The van der Waals surface area contributed by atoms with Crippen LogP contribution in [0.5, 0.6) is 0 Å². The van der Waals surface area contributed by atoms with Crippen molar-refractivity contribution in [2.24, 2.45) is 0 Å². The molecule has 1 atom stereocenters. The van der Waals surface area contributed by atoms with E-state index < -0.39 is 6.10 Å². The highest BCUT2D eigenvalue weighted by Gasteiger charge is 2.23. The van der Waals surface area contributed by atoms with E-state index in [4.69, 9.17) is 11.6 Å². The van der Waals surface area contributed by atoms with Gasteiger partial charge in [-0.05, 0) is 18.2 Å². The van der Waals surface area contributed by atoms with Crippen LogP contribution >= 0.6 is 22.9 Å². The van der Waals surface area contributed by atoms with Crippen LogP contribution in [-0.2, 0) is 24.4 Å². The number of carbonyl (C=O) groups is 1. The lowest BCUT2D eigenvalue weighted by atomic mass is 10.1. The molecule has 0 fully saturated rings. The van der Waals surface area contributed by atoms with Gasteiger partial charge in [-0.1, -0.05) is 11.6 Å². The highest BCUT2D eigenvalue weighted by atomic mass is 35.5. The Hall–Kier alpha value is -1.41. The number of aliphatic hydroxyl groups is 1. The molecule has 3 heterocycles. The van der Waals surface area contributed by atoms with Crippen molar-refractivity contribution in [2.75, 3.05) is 20.6 Å². The van der Waals surface area contributed by atoms with E-state index in [9.17, 15) is 9.90 Å². The van der Waals surface area contributed by atoms with Gasteiger partial charge in [0.15, 0.2) is 0 Å². The van der Waals surface area contributed by atoms with Gasteiger partial charge in [0.2, 0.25) is 5.91 Å². The number of halogens is 1. The predicted molar refractivity (Wildman–Crippen MR) is 93.9 cm³/mol. The van der Waals surface area contributed by atoms with Crippen molar-refractivity contribution >= 4 is 28.8 Å². The number of thiophene rings is 1. The van der Waals surface area contributed by atoms with Crippen molar-refractivity contribution in [1.82, 2.24) is 19.6 Å². The van der Waals surface area contributed by atoms with Gasteiger partial charge in [-0.2, -0.15) is 5.10 Å². The molecule has 0 bridgehead atoms. The Kier molecular flexibility index (Phi) is 5.24. The lowest BCUT2D eigenvalue weighted by Gasteiger charge is -2.26. The Balaban J connectivity index is 1.64. The van der Waals surface area contributed by atoms with Crippen LogP contribution in [0.4, 0.5) is 0 Å². The summed E-state index contributed by atoms with van der Waals surface area (Å²) in [5.41, 5.74) is 1.64. The lowest BCUT2D eigenvalue weighted by molar-refractivity contribution is -0.130. The number of nitrogens with zero attached hydrogens (tertiary/aromatic N) is 4. The van der Waals surface area contributed by atoms with E-state index in [-0.39, 0.29) is 12.3 Å². The molecule has 2 aromatic heterocycles. The minimum absolute atomic E-state index is 0.0564. The van der Waals surface area contributed by atoms with Crippen molar-refractivity contribution in [3.63, 3.8) is 0 Å². The number of fused-ring (bicyclic) bond motifs is 1. The molecule has 0 aromatic carbocycles. The third-order valence-corrected chi connectivity index (χ3v) is 5.33. The van der Waals surface area contributed by atoms with Gasteiger partial charge in [0.05, 0.1) is 28.7 Å². The Bertz CT molecular complexity index is 727. The first-order valence-electron chi connectivity index (χ1n) is 7.84. The predicted octanol–water partition coefficient (Wildman–Crippen LogP) is 2.13. The van der Waals surface area contributed by atoms with Gasteiger partial charge in [-0.25, -0.2) is 0 Å². The molecule has 0 radical (unpaired) electrons. The van der Waals surface area contributed by atoms with E-state index in [1.807, 2.05) is 16.8 Å². The molecular formula is C16H21ClN4O2S. The van der Waals surface area contributed by atoms with Crippen LogP contribution in [0.1, 0.15) is 28.8 Å². The summed E-state index contributed by atoms with van der Waals surface area (Å²) in [6.45, 7) is 3.32. The zero-order chi connectivity index (χ0) is 17.3. The third kappa shape index (κ3) is 3.97. The maximum Gasteiger partial charge on any atom is 0.225 e. The molecule has 130 valence electrons. The monoisotopic (exact) mass is 368 g/mol. The number of aliphatic hydroxyl groups excluding tert-OH is 1. The van der Waals surface area contributed by atoms with Crippen LogP contribution in [0.25, 0.3) is 0 Å². The zero-order valence-corrected chi connectivity index (χ0v) is 15.3. The van der Waals surface area contributed by atoms with Crippen LogP contribution in [0.15, 0.2) is 18.2 Å². The Labute approximate surface area is 150 Å². The van der Waals surface area contributed by atoms with E-state index in [0.717, 1.165) is 36.2 Å². The van der Waals surface area contributed by atoms with Crippen molar-refractivity contribution in [3.05, 3.63) is 38.8 Å². The number of aromatic nitrogens is 2. The fourth-order valence-corrected chi connectivity index (χ4v) is 3.88. The van der Waals surface area contributed by atoms with E-state index in [1.165, 1.54) is 9.78 Å². The first-order valence-corrected chi connectivity index (χ1v) is 9.03. The average molecular weight is 369 g/mol. The van der Waals surface area contributed by atoms with Crippen molar-refractivity contribution in [2.45, 2.75) is 32.2 Å². The summed E-state index contributed by atoms with van der Waals surface area (Å²) in [5.74, 6) is -0.107. The average Bonchev–Trinajstić information content (AvgIpc) is 3.12. The topological polar surface area (TPSA) is 61.6 Å². The second kappa shape index (κ2) is 7.23. The van der Waals surface area contributed by atoms with Crippen LogP contribution in [0, 0.1) is 0 Å². The molecule has 8 heteroatoms. The molecule has 0 aliphatic carbocycles. The van der Waals surface area contributed by atoms with Crippen LogP contribution in [0.2, 0.25) is 4.34 Å². The number of carbonyl (C=O) groups excluding carboxylic acids is 1. The molecule has 3 rings (SSSR count). The fourth-order valence-electron chi connectivity index (χ4n) is 2.75. The van der Waals surface area contributed by atoms with Crippen LogP contribution < -0.4 is 0 Å². The van der Waals surface area contributed by atoms with Gasteiger partial charge in [0, 0.05) is 38.6 Å². The van der Waals surface area contributed by atoms with Gasteiger partial charge < -0.3 is 10.0 Å². The molecule has 1 amide bonds. The minimum Gasteiger partial charge on any atom is -0.386 e. The van der Waals surface area contributed by atoms with Crippen LogP contribution in [-0.4, -0.2) is 51.2 Å². The zero-order valence-electron chi connectivity index (χ0n) is 13.8. The van der Waals surface area contributed by atoms with Crippen LogP contribution in [0.3, 0.4) is 0 Å². The highest BCUT2D eigenvalue weighted by Crippen LogP contribution is 2.25. The summed E-state index contributed by atoms with van der Waals surface area (Å²) >= 11 is 7.59. The number of hydrogen-bond donors (Lipinski definition) is 1. The molecule has 24 heavy (non-hydrogen) atoms. The molecule has 2 aromatic rings. The fraction of sp³-hybridized carbons (Fsp3) is 0.500. The molecule has 6 nitrogen and oxygen atoms in total. The second-order valence-corrected chi connectivity index (χ2v) is 8.01. The second-order valence-electron chi connectivity index (χ2n) is 6.21. The third-order valence-electron chi connectivity index (χ3n) is 4.11. The standard InChI is InChI=1S/C16H21ClN4O2S/c1-19(2)16(23)8-14(22)13-7-11-9-20(5-6-21(11)18-13)10-12-3-4-15(17)24-12/h3-4,7,14,22H,5-6,8-10H2,1-2H3. The molecule has 1 aliphatic heterocycles. The highest BCUT2D eigenvalue weighted by molar-refractivity contribution is 7.16. The first-order chi connectivity index (χ1) is 11.4. The van der Waals surface area contributed by atoms with Crippen molar-refractivity contribution in [1.29, 1.82) is 0 Å². The summed E-state index contributed by atoms with van der Waals surface area (Å²) in [5, 5.41) is 14.7. The normalized spacial score (nSPS) is 16.0. The summed E-state index contributed by atoms with van der Waals surface area (Å²) in [4.78, 5) is 16.8. The van der Waals surface area contributed by atoms with Gasteiger partial charge in [0.25, 0.3) is 0 Å². The number of rotatable bonds is 5.